The maximum absolute atomic E-state index is 12.6. The van der Waals surface area contributed by atoms with Gasteiger partial charge in [-0.3, -0.25) is 4.79 Å². The molecule has 3 atom stereocenters. The standard InChI is InChI=1S/C12H22N2O5S/c1-9-4-3-5-14(6-9)20(17,18)13(2)11-8-19-7-10(11)12(15)16/h9-11H,3-8H2,1-2H3,(H,15,16). The molecule has 8 heteroatoms. The maximum Gasteiger partial charge on any atom is 0.310 e. The van der Waals surface area contributed by atoms with Gasteiger partial charge >= 0.3 is 5.97 Å². The lowest BCUT2D eigenvalue weighted by Crippen LogP contribution is -2.52. The van der Waals surface area contributed by atoms with Crippen LogP contribution in [-0.2, 0) is 19.7 Å². The molecule has 2 aliphatic heterocycles. The van der Waals surface area contributed by atoms with Crippen LogP contribution in [0.1, 0.15) is 19.8 Å². The highest BCUT2D eigenvalue weighted by molar-refractivity contribution is 7.86. The maximum atomic E-state index is 12.6. The first kappa shape index (κ1) is 15.7. The first-order valence-corrected chi connectivity index (χ1v) is 8.27. The molecule has 0 bridgehead atoms. The Hall–Kier alpha value is -0.700. The molecule has 2 saturated heterocycles. The zero-order valence-corrected chi connectivity index (χ0v) is 12.7. The topological polar surface area (TPSA) is 87.2 Å². The number of hydrogen-bond donors (Lipinski definition) is 1. The van der Waals surface area contributed by atoms with Crippen molar-refractivity contribution in [3.05, 3.63) is 0 Å². The second-order valence-corrected chi connectivity index (χ2v) is 7.67. The molecule has 0 aromatic rings. The van der Waals surface area contributed by atoms with E-state index in [1.54, 1.807) is 0 Å². The number of piperidine rings is 1. The first-order valence-electron chi connectivity index (χ1n) is 6.87. The molecule has 2 aliphatic rings. The van der Waals surface area contributed by atoms with E-state index in [1.165, 1.54) is 15.7 Å². The fourth-order valence-electron chi connectivity index (χ4n) is 2.85. The number of carboxylic acid groups (broad SMARTS) is 1. The predicted molar refractivity (Wildman–Crippen MR) is 72.4 cm³/mol. The second-order valence-electron chi connectivity index (χ2n) is 5.68. The molecule has 1 N–H and O–H groups in total. The SMILES string of the molecule is CC1CCCN(S(=O)(=O)N(C)C2COCC2C(=O)O)C1. The summed E-state index contributed by atoms with van der Waals surface area (Å²) in [6.07, 6.45) is 1.87. The van der Waals surface area contributed by atoms with Crippen LogP contribution in [0.5, 0.6) is 0 Å². The smallest absolute Gasteiger partial charge is 0.310 e. The molecule has 2 rings (SSSR count). The van der Waals surface area contributed by atoms with Crippen LogP contribution < -0.4 is 0 Å². The zero-order valence-electron chi connectivity index (χ0n) is 11.9. The summed E-state index contributed by atoms with van der Waals surface area (Å²) in [5.41, 5.74) is 0. The van der Waals surface area contributed by atoms with E-state index >= 15 is 0 Å². The third-order valence-electron chi connectivity index (χ3n) is 4.14. The van der Waals surface area contributed by atoms with Crippen LogP contribution in [0.2, 0.25) is 0 Å². The van der Waals surface area contributed by atoms with Crippen LogP contribution in [0, 0.1) is 11.8 Å². The van der Waals surface area contributed by atoms with Gasteiger partial charge in [0.15, 0.2) is 0 Å². The number of ether oxygens (including phenoxy) is 1. The van der Waals surface area contributed by atoms with Crippen molar-refractivity contribution in [3.63, 3.8) is 0 Å². The van der Waals surface area contributed by atoms with E-state index in [9.17, 15) is 13.2 Å². The van der Waals surface area contributed by atoms with Crippen molar-refractivity contribution >= 4 is 16.2 Å². The van der Waals surface area contributed by atoms with Crippen LogP contribution in [0.3, 0.4) is 0 Å². The van der Waals surface area contributed by atoms with Crippen molar-refractivity contribution < 1.29 is 23.1 Å². The molecular weight excluding hydrogens is 284 g/mol. The van der Waals surface area contributed by atoms with E-state index in [2.05, 4.69) is 0 Å². The number of nitrogens with zero attached hydrogens (tertiary/aromatic N) is 2. The summed E-state index contributed by atoms with van der Waals surface area (Å²) in [7, 11) is -2.17. The Morgan fingerprint density at radius 3 is 2.70 bits per heavy atom. The summed E-state index contributed by atoms with van der Waals surface area (Å²) in [6.45, 7) is 3.23. The zero-order chi connectivity index (χ0) is 14.9. The van der Waals surface area contributed by atoms with Gasteiger partial charge < -0.3 is 9.84 Å². The minimum absolute atomic E-state index is 0.0657. The summed E-state index contributed by atoms with van der Waals surface area (Å²) < 4.78 is 33.0. The van der Waals surface area contributed by atoms with Gasteiger partial charge in [0.2, 0.25) is 0 Å². The molecule has 20 heavy (non-hydrogen) atoms. The highest BCUT2D eigenvalue weighted by Crippen LogP contribution is 2.25. The van der Waals surface area contributed by atoms with Gasteiger partial charge in [-0.15, -0.1) is 0 Å². The van der Waals surface area contributed by atoms with E-state index in [0.29, 0.717) is 19.0 Å². The first-order chi connectivity index (χ1) is 9.34. The number of carboxylic acids is 1. The lowest BCUT2D eigenvalue weighted by Gasteiger charge is -2.35. The van der Waals surface area contributed by atoms with Crippen molar-refractivity contribution in [2.75, 3.05) is 33.4 Å². The third kappa shape index (κ3) is 2.98. The van der Waals surface area contributed by atoms with Gasteiger partial charge in [0, 0.05) is 20.1 Å². The van der Waals surface area contributed by atoms with Crippen molar-refractivity contribution in [1.82, 2.24) is 8.61 Å². The molecular formula is C12H22N2O5S. The lowest BCUT2D eigenvalue weighted by atomic mass is 10.0. The number of likely N-dealkylation sites (N-methyl/N-ethyl adjacent to an activating group) is 1. The molecule has 2 heterocycles. The van der Waals surface area contributed by atoms with Crippen LogP contribution >= 0.6 is 0 Å². The Morgan fingerprint density at radius 1 is 1.40 bits per heavy atom. The van der Waals surface area contributed by atoms with Gasteiger partial charge in [-0.1, -0.05) is 6.92 Å². The fraction of sp³-hybridized carbons (Fsp3) is 0.917. The van der Waals surface area contributed by atoms with Gasteiger partial charge in [-0.2, -0.15) is 17.0 Å². The predicted octanol–water partition coefficient (Wildman–Crippen LogP) is -0.00550. The Kier molecular flexibility index (Phi) is 4.68. The van der Waals surface area contributed by atoms with Crippen molar-refractivity contribution in [1.29, 1.82) is 0 Å². The van der Waals surface area contributed by atoms with Crippen LogP contribution in [0.25, 0.3) is 0 Å². The normalized spacial score (nSPS) is 32.6. The van der Waals surface area contributed by atoms with Gasteiger partial charge in [0.05, 0.1) is 25.2 Å². The molecule has 0 aromatic carbocycles. The Labute approximate surface area is 119 Å². The summed E-state index contributed by atoms with van der Waals surface area (Å²) in [6, 6.07) is -0.630. The summed E-state index contributed by atoms with van der Waals surface area (Å²) in [5, 5.41) is 9.14. The van der Waals surface area contributed by atoms with Crippen molar-refractivity contribution in [3.8, 4) is 0 Å². The molecule has 0 spiro atoms. The van der Waals surface area contributed by atoms with Gasteiger partial charge in [-0.05, 0) is 18.8 Å². The average Bonchev–Trinajstić information content (AvgIpc) is 2.87. The number of aliphatic carboxylic acids is 1. The van der Waals surface area contributed by atoms with Crippen molar-refractivity contribution in [2.45, 2.75) is 25.8 Å². The minimum Gasteiger partial charge on any atom is -0.481 e. The molecule has 0 saturated carbocycles. The third-order valence-corrected chi connectivity index (χ3v) is 6.13. The largest absolute Gasteiger partial charge is 0.481 e. The van der Waals surface area contributed by atoms with E-state index in [-0.39, 0.29) is 13.2 Å². The monoisotopic (exact) mass is 306 g/mol. The van der Waals surface area contributed by atoms with Gasteiger partial charge in [0.1, 0.15) is 0 Å². The molecule has 0 radical (unpaired) electrons. The lowest BCUT2D eigenvalue weighted by molar-refractivity contribution is -0.142. The second kappa shape index (κ2) is 5.97. The number of hydrogen-bond acceptors (Lipinski definition) is 4. The summed E-state index contributed by atoms with van der Waals surface area (Å²) in [5.74, 6) is -1.47. The molecule has 0 aromatic heterocycles. The van der Waals surface area contributed by atoms with Crippen molar-refractivity contribution in [2.24, 2.45) is 11.8 Å². The quantitative estimate of drug-likeness (QED) is 0.789. The van der Waals surface area contributed by atoms with Crippen LogP contribution in [0.15, 0.2) is 0 Å². The molecule has 0 amide bonds. The Balaban J connectivity index is 2.14. The Bertz CT molecular complexity index is 466. The van der Waals surface area contributed by atoms with E-state index in [4.69, 9.17) is 9.84 Å². The molecule has 3 unspecified atom stereocenters. The number of rotatable bonds is 4. The van der Waals surface area contributed by atoms with E-state index in [0.717, 1.165) is 12.8 Å². The molecule has 2 fully saturated rings. The van der Waals surface area contributed by atoms with Crippen LogP contribution in [0.4, 0.5) is 0 Å². The van der Waals surface area contributed by atoms with E-state index < -0.39 is 28.1 Å². The van der Waals surface area contributed by atoms with Gasteiger partial charge in [-0.25, -0.2) is 0 Å². The molecule has 7 nitrogen and oxygen atoms in total. The van der Waals surface area contributed by atoms with E-state index in [1.807, 2.05) is 6.92 Å². The fourth-order valence-corrected chi connectivity index (χ4v) is 4.56. The van der Waals surface area contributed by atoms with Crippen LogP contribution in [-0.4, -0.2) is 67.5 Å². The Morgan fingerprint density at radius 2 is 2.10 bits per heavy atom. The highest BCUT2D eigenvalue weighted by Gasteiger charge is 2.43. The minimum atomic E-state index is -3.62. The molecule has 0 aliphatic carbocycles. The summed E-state index contributed by atoms with van der Waals surface area (Å²) >= 11 is 0. The summed E-state index contributed by atoms with van der Waals surface area (Å²) in [4.78, 5) is 11.2. The average molecular weight is 306 g/mol. The number of carbonyl (C=O) groups is 1. The highest BCUT2D eigenvalue weighted by atomic mass is 32.2. The molecule has 116 valence electrons. The van der Waals surface area contributed by atoms with Gasteiger partial charge in [0.25, 0.3) is 10.2 Å².